The maximum atomic E-state index is 10.4. The summed E-state index contributed by atoms with van der Waals surface area (Å²) in [5.74, 6) is 0. The fraction of sp³-hybridized carbons (Fsp3) is 0.294. The van der Waals surface area contributed by atoms with Crippen molar-refractivity contribution in [2.75, 3.05) is 7.11 Å². The Labute approximate surface area is 114 Å². The Morgan fingerprint density at radius 3 is 2.63 bits per heavy atom. The van der Waals surface area contributed by atoms with Crippen LogP contribution in [0.4, 0.5) is 0 Å². The van der Waals surface area contributed by atoms with Crippen molar-refractivity contribution in [2.45, 2.75) is 26.1 Å². The predicted molar refractivity (Wildman–Crippen MR) is 77.0 cm³/mol. The molecule has 2 nitrogen and oxygen atoms in total. The van der Waals surface area contributed by atoms with Gasteiger partial charge in [0.05, 0.1) is 12.7 Å². The lowest BCUT2D eigenvalue weighted by atomic mass is 9.97. The molecule has 0 aromatic heterocycles. The maximum absolute atomic E-state index is 10.4. The summed E-state index contributed by atoms with van der Waals surface area (Å²) in [6.07, 6.45) is 0.168. The largest absolute Gasteiger partial charge is 0.388 e. The summed E-state index contributed by atoms with van der Waals surface area (Å²) >= 11 is 0. The lowest BCUT2D eigenvalue weighted by Gasteiger charge is -2.14. The van der Waals surface area contributed by atoms with Crippen molar-refractivity contribution in [3.63, 3.8) is 0 Å². The third-order valence-electron chi connectivity index (χ3n) is 3.32. The van der Waals surface area contributed by atoms with Crippen molar-refractivity contribution in [2.24, 2.45) is 0 Å². The van der Waals surface area contributed by atoms with Crippen molar-refractivity contribution >= 4 is 0 Å². The highest BCUT2D eigenvalue weighted by Crippen LogP contribution is 2.21. The number of hydrogen-bond donors (Lipinski definition) is 1. The van der Waals surface area contributed by atoms with Crippen LogP contribution in [0.2, 0.25) is 0 Å². The second kappa shape index (κ2) is 6.50. The molecule has 0 saturated heterocycles. The summed E-state index contributed by atoms with van der Waals surface area (Å²) in [4.78, 5) is 0. The fourth-order valence-corrected chi connectivity index (χ4v) is 2.22. The van der Waals surface area contributed by atoms with Crippen molar-refractivity contribution in [1.82, 2.24) is 0 Å². The van der Waals surface area contributed by atoms with Gasteiger partial charge in [0.25, 0.3) is 0 Å². The number of hydrogen-bond acceptors (Lipinski definition) is 2. The molecule has 100 valence electrons. The zero-order valence-corrected chi connectivity index (χ0v) is 11.5. The van der Waals surface area contributed by atoms with Gasteiger partial charge in [0, 0.05) is 13.5 Å². The Bertz CT molecular complexity index is 534. The minimum atomic E-state index is -0.474. The first-order valence-corrected chi connectivity index (χ1v) is 6.51. The third kappa shape index (κ3) is 3.66. The first-order valence-electron chi connectivity index (χ1n) is 6.51. The van der Waals surface area contributed by atoms with E-state index in [-0.39, 0.29) is 0 Å². The van der Waals surface area contributed by atoms with E-state index in [2.05, 4.69) is 19.1 Å². The summed E-state index contributed by atoms with van der Waals surface area (Å²) in [6, 6.07) is 16.1. The number of aliphatic hydroxyl groups excluding tert-OH is 1. The fourth-order valence-electron chi connectivity index (χ4n) is 2.22. The van der Waals surface area contributed by atoms with E-state index in [1.807, 2.05) is 36.4 Å². The number of aryl methyl sites for hydroxylation is 1. The smallest absolute Gasteiger partial charge is 0.0830 e. The molecule has 1 N–H and O–H groups in total. The molecule has 1 unspecified atom stereocenters. The first kappa shape index (κ1) is 13.8. The Morgan fingerprint density at radius 1 is 1.11 bits per heavy atom. The van der Waals surface area contributed by atoms with Crippen LogP contribution in [0, 0.1) is 6.92 Å². The van der Waals surface area contributed by atoms with Gasteiger partial charge in [-0.15, -0.1) is 0 Å². The van der Waals surface area contributed by atoms with Gasteiger partial charge in [0.15, 0.2) is 0 Å². The van der Waals surface area contributed by atoms with Crippen LogP contribution < -0.4 is 0 Å². The van der Waals surface area contributed by atoms with Gasteiger partial charge < -0.3 is 9.84 Å². The highest BCUT2D eigenvalue weighted by Gasteiger charge is 2.10. The minimum Gasteiger partial charge on any atom is -0.388 e. The van der Waals surface area contributed by atoms with Gasteiger partial charge in [-0.05, 0) is 29.2 Å². The van der Waals surface area contributed by atoms with Crippen molar-refractivity contribution < 1.29 is 9.84 Å². The van der Waals surface area contributed by atoms with Crippen LogP contribution in [-0.4, -0.2) is 12.2 Å². The number of methoxy groups -OCH3 is 1. The van der Waals surface area contributed by atoms with Gasteiger partial charge in [-0.25, -0.2) is 0 Å². The van der Waals surface area contributed by atoms with Crippen LogP contribution in [0.25, 0.3) is 0 Å². The van der Waals surface area contributed by atoms with Crippen LogP contribution in [0.3, 0.4) is 0 Å². The molecule has 0 saturated carbocycles. The molecular formula is C17H20O2. The summed E-state index contributed by atoms with van der Waals surface area (Å²) < 4.78 is 5.12. The molecule has 0 aliphatic rings. The average Bonchev–Trinajstić information content (AvgIpc) is 2.42. The normalized spacial score (nSPS) is 12.4. The zero-order chi connectivity index (χ0) is 13.7. The Hall–Kier alpha value is -1.64. The van der Waals surface area contributed by atoms with E-state index < -0.39 is 6.10 Å². The Kier molecular flexibility index (Phi) is 4.72. The maximum Gasteiger partial charge on any atom is 0.0830 e. The highest BCUT2D eigenvalue weighted by molar-refractivity contribution is 5.30. The molecule has 0 spiro atoms. The highest BCUT2D eigenvalue weighted by atomic mass is 16.5. The van der Waals surface area contributed by atoms with E-state index >= 15 is 0 Å². The van der Waals surface area contributed by atoms with Gasteiger partial charge >= 0.3 is 0 Å². The van der Waals surface area contributed by atoms with E-state index in [9.17, 15) is 5.11 Å². The van der Waals surface area contributed by atoms with Crippen LogP contribution >= 0.6 is 0 Å². The lowest BCUT2D eigenvalue weighted by molar-refractivity contribution is 0.175. The molecule has 2 rings (SSSR count). The quantitative estimate of drug-likeness (QED) is 0.888. The van der Waals surface area contributed by atoms with Crippen molar-refractivity contribution in [3.05, 3.63) is 70.8 Å². The molecule has 19 heavy (non-hydrogen) atoms. The molecule has 0 radical (unpaired) electrons. The topological polar surface area (TPSA) is 29.5 Å². The molecule has 0 aliphatic heterocycles. The Balaban J connectivity index is 2.13. The molecule has 0 aliphatic carbocycles. The summed E-state index contributed by atoms with van der Waals surface area (Å²) in [6.45, 7) is 2.65. The van der Waals surface area contributed by atoms with Gasteiger partial charge in [-0.1, -0.05) is 48.5 Å². The van der Waals surface area contributed by atoms with Crippen LogP contribution in [-0.2, 0) is 17.8 Å². The van der Waals surface area contributed by atoms with E-state index in [4.69, 9.17) is 4.74 Å². The average molecular weight is 256 g/mol. The van der Waals surface area contributed by atoms with Crippen molar-refractivity contribution in [1.29, 1.82) is 0 Å². The van der Waals surface area contributed by atoms with Gasteiger partial charge in [0.1, 0.15) is 0 Å². The second-order valence-corrected chi connectivity index (χ2v) is 4.82. The molecule has 2 aromatic carbocycles. The standard InChI is InChI=1S/C17H20O2/c1-13-6-3-4-8-15(13)11-17(18)16-9-5-7-14(10-16)12-19-2/h3-10,17-18H,11-12H2,1-2H3. The van der Waals surface area contributed by atoms with Crippen molar-refractivity contribution in [3.8, 4) is 0 Å². The van der Waals surface area contributed by atoms with E-state index in [0.717, 1.165) is 11.1 Å². The Morgan fingerprint density at radius 2 is 1.89 bits per heavy atom. The van der Waals surface area contributed by atoms with Gasteiger partial charge in [-0.3, -0.25) is 0 Å². The van der Waals surface area contributed by atoms with Gasteiger partial charge in [-0.2, -0.15) is 0 Å². The second-order valence-electron chi connectivity index (χ2n) is 4.82. The molecule has 0 amide bonds. The van der Waals surface area contributed by atoms with E-state index in [1.165, 1.54) is 11.1 Å². The molecule has 2 aromatic rings. The molecule has 1 atom stereocenters. The summed E-state index contributed by atoms with van der Waals surface area (Å²) in [5.41, 5.74) is 4.43. The third-order valence-corrected chi connectivity index (χ3v) is 3.32. The molecule has 2 heteroatoms. The molecule has 0 fully saturated rings. The summed E-state index contributed by atoms with van der Waals surface area (Å²) in [5, 5.41) is 10.4. The van der Waals surface area contributed by atoms with E-state index in [1.54, 1.807) is 7.11 Å². The molecule has 0 heterocycles. The zero-order valence-electron chi connectivity index (χ0n) is 11.5. The van der Waals surface area contributed by atoms with E-state index in [0.29, 0.717) is 13.0 Å². The first-order chi connectivity index (χ1) is 9.20. The molecular weight excluding hydrogens is 236 g/mol. The number of rotatable bonds is 5. The van der Waals surface area contributed by atoms with Crippen LogP contribution in [0.1, 0.15) is 28.4 Å². The summed E-state index contributed by atoms with van der Waals surface area (Å²) in [7, 11) is 1.68. The van der Waals surface area contributed by atoms with Crippen LogP contribution in [0.15, 0.2) is 48.5 Å². The number of aliphatic hydroxyl groups is 1. The number of ether oxygens (including phenoxy) is 1. The monoisotopic (exact) mass is 256 g/mol. The molecule has 0 bridgehead atoms. The van der Waals surface area contributed by atoms with Gasteiger partial charge in [0.2, 0.25) is 0 Å². The minimum absolute atomic E-state index is 0.474. The van der Waals surface area contributed by atoms with Crippen LogP contribution in [0.5, 0.6) is 0 Å². The SMILES string of the molecule is COCc1cccc(C(O)Cc2ccccc2C)c1. The lowest BCUT2D eigenvalue weighted by Crippen LogP contribution is -2.04. The number of benzene rings is 2. The predicted octanol–water partition coefficient (Wildman–Crippen LogP) is 3.42.